The van der Waals surface area contributed by atoms with Gasteiger partial charge in [0.2, 0.25) is 5.43 Å². The van der Waals surface area contributed by atoms with Crippen molar-refractivity contribution >= 4 is 11.8 Å². The molecule has 104 valence electrons. The predicted molar refractivity (Wildman–Crippen MR) is 56.5 cm³/mol. The quantitative estimate of drug-likeness (QED) is 0.499. The zero-order valence-corrected chi connectivity index (χ0v) is 9.08. The maximum absolute atomic E-state index is 12.3. The van der Waals surface area contributed by atoms with Crippen molar-refractivity contribution in [3.63, 3.8) is 0 Å². The van der Waals surface area contributed by atoms with Crippen molar-refractivity contribution < 1.29 is 22.0 Å². The SMILES string of the molecule is NC=C(C=NC(F)F)c1n[nH]c(C(F)(F)F)cc1=O. The van der Waals surface area contributed by atoms with E-state index in [-0.39, 0.29) is 11.6 Å². The van der Waals surface area contributed by atoms with Crippen LogP contribution in [0.25, 0.3) is 5.57 Å². The van der Waals surface area contributed by atoms with Gasteiger partial charge in [-0.2, -0.15) is 27.1 Å². The highest BCUT2D eigenvalue weighted by Crippen LogP contribution is 2.26. The third-order valence-electron chi connectivity index (χ3n) is 1.88. The van der Waals surface area contributed by atoms with E-state index in [9.17, 15) is 26.7 Å². The fraction of sp³-hybridized carbons (Fsp3) is 0.222. The topological polar surface area (TPSA) is 84.1 Å². The molecule has 1 rings (SSSR count). The standard InChI is InChI=1S/C9H7F5N4O/c10-8(11)16-3-4(2-15)7-5(19)1-6(17-18-7)9(12,13)14/h1-3,8H,15H2,(H,17,19). The molecule has 0 saturated carbocycles. The number of aromatic amines is 1. The van der Waals surface area contributed by atoms with Gasteiger partial charge in [0.05, 0.1) is 0 Å². The van der Waals surface area contributed by atoms with E-state index in [2.05, 4.69) is 10.1 Å². The van der Waals surface area contributed by atoms with E-state index in [0.717, 1.165) is 6.20 Å². The smallest absolute Gasteiger partial charge is 0.404 e. The van der Waals surface area contributed by atoms with Crippen molar-refractivity contribution in [3.05, 3.63) is 33.9 Å². The Kier molecular flexibility index (Phi) is 4.35. The number of hydrogen-bond acceptors (Lipinski definition) is 4. The highest BCUT2D eigenvalue weighted by molar-refractivity contribution is 6.08. The van der Waals surface area contributed by atoms with Crippen LogP contribution in [0.4, 0.5) is 22.0 Å². The molecule has 1 aromatic heterocycles. The first-order valence-electron chi connectivity index (χ1n) is 4.66. The summed E-state index contributed by atoms with van der Waals surface area (Å²) in [6.45, 7) is -3.04. The van der Waals surface area contributed by atoms with Crippen LogP contribution in [0.15, 0.2) is 22.1 Å². The summed E-state index contributed by atoms with van der Waals surface area (Å²) in [5.74, 6) is 0. The zero-order chi connectivity index (χ0) is 14.6. The number of H-pyrrole nitrogens is 1. The zero-order valence-electron chi connectivity index (χ0n) is 9.08. The molecule has 3 N–H and O–H groups in total. The van der Waals surface area contributed by atoms with Gasteiger partial charge >= 0.3 is 12.7 Å². The number of nitrogens with two attached hydrogens (primary N) is 1. The van der Waals surface area contributed by atoms with E-state index in [0.29, 0.717) is 6.21 Å². The molecule has 0 bridgehead atoms. The summed E-state index contributed by atoms with van der Waals surface area (Å²) in [7, 11) is 0. The van der Waals surface area contributed by atoms with Crippen LogP contribution >= 0.6 is 0 Å². The highest BCUT2D eigenvalue weighted by atomic mass is 19.4. The minimum absolute atomic E-state index is 0.252. The molecule has 5 nitrogen and oxygen atoms in total. The molecule has 0 aliphatic carbocycles. The number of aliphatic imine (C=N–C) groups is 1. The third kappa shape index (κ3) is 3.86. The summed E-state index contributed by atoms with van der Waals surface area (Å²) in [6, 6.07) is 0.252. The first-order chi connectivity index (χ1) is 8.75. The summed E-state index contributed by atoms with van der Waals surface area (Å²) >= 11 is 0. The molecule has 19 heavy (non-hydrogen) atoms. The number of rotatable bonds is 3. The van der Waals surface area contributed by atoms with E-state index < -0.39 is 29.5 Å². The number of alkyl halides is 5. The fourth-order valence-electron chi connectivity index (χ4n) is 1.07. The second kappa shape index (κ2) is 5.59. The molecule has 0 aromatic carbocycles. The first-order valence-corrected chi connectivity index (χ1v) is 4.66. The number of halogens is 5. The Bertz CT molecular complexity index is 560. The molecule has 0 aliphatic heterocycles. The maximum atomic E-state index is 12.3. The van der Waals surface area contributed by atoms with Crippen LogP contribution < -0.4 is 11.2 Å². The number of allylic oxidation sites excluding steroid dienone is 1. The lowest BCUT2D eigenvalue weighted by Gasteiger charge is -2.06. The van der Waals surface area contributed by atoms with E-state index >= 15 is 0 Å². The first kappa shape index (κ1) is 14.8. The highest BCUT2D eigenvalue weighted by Gasteiger charge is 2.32. The van der Waals surface area contributed by atoms with Crippen LogP contribution in [0.1, 0.15) is 11.4 Å². The summed E-state index contributed by atoms with van der Waals surface area (Å²) < 4.78 is 60.5. The Hall–Kier alpha value is -2.26. The lowest BCUT2D eigenvalue weighted by molar-refractivity contribution is -0.141. The Morgan fingerprint density at radius 1 is 1.47 bits per heavy atom. The summed E-state index contributed by atoms with van der Waals surface area (Å²) in [5, 5.41) is 4.75. The second-order valence-electron chi connectivity index (χ2n) is 3.17. The van der Waals surface area contributed by atoms with Crippen molar-refractivity contribution in [2.45, 2.75) is 12.7 Å². The van der Waals surface area contributed by atoms with Crippen LogP contribution in [-0.2, 0) is 6.18 Å². The average Bonchev–Trinajstić information content (AvgIpc) is 2.29. The van der Waals surface area contributed by atoms with Gasteiger partial charge in [-0.3, -0.25) is 9.89 Å². The largest absolute Gasteiger partial charge is 0.432 e. The summed E-state index contributed by atoms with van der Waals surface area (Å²) in [5.41, 5.74) is 1.73. The van der Waals surface area contributed by atoms with Crippen LogP contribution in [0.5, 0.6) is 0 Å². The van der Waals surface area contributed by atoms with Gasteiger partial charge in [-0.05, 0) is 0 Å². The van der Waals surface area contributed by atoms with Crippen molar-refractivity contribution in [2.75, 3.05) is 0 Å². The molecule has 0 fully saturated rings. The summed E-state index contributed by atoms with van der Waals surface area (Å²) in [4.78, 5) is 14.1. The Labute approximate surface area is 102 Å². The van der Waals surface area contributed by atoms with Crippen LogP contribution in [0.2, 0.25) is 0 Å². The minimum atomic E-state index is -4.77. The fourth-order valence-corrected chi connectivity index (χ4v) is 1.07. The molecular formula is C9H7F5N4O. The number of nitrogens with one attached hydrogen (secondary N) is 1. The van der Waals surface area contributed by atoms with E-state index in [4.69, 9.17) is 5.73 Å². The van der Waals surface area contributed by atoms with E-state index in [1.807, 2.05) is 0 Å². The maximum Gasteiger partial charge on any atom is 0.432 e. The van der Waals surface area contributed by atoms with Gasteiger partial charge in [0.1, 0.15) is 11.4 Å². The van der Waals surface area contributed by atoms with E-state index in [1.54, 1.807) is 5.10 Å². The normalized spacial score (nSPS) is 13.5. The second-order valence-corrected chi connectivity index (χ2v) is 3.17. The molecule has 0 amide bonds. The van der Waals surface area contributed by atoms with Crippen LogP contribution in [0, 0.1) is 0 Å². The Balaban J connectivity index is 3.19. The van der Waals surface area contributed by atoms with Gasteiger partial charge in [-0.15, -0.1) is 0 Å². The van der Waals surface area contributed by atoms with Crippen molar-refractivity contribution in [1.82, 2.24) is 10.2 Å². The van der Waals surface area contributed by atoms with E-state index in [1.165, 1.54) is 0 Å². The molecular weight excluding hydrogens is 275 g/mol. The number of aromatic nitrogens is 2. The van der Waals surface area contributed by atoms with Gasteiger partial charge in [0.15, 0.2) is 0 Å². The van der Waals surface area contributed by atoms with Crippen molar-refractivity contribution in [2.24, 2.45) is 10.7 Å². The molecule has 0 radical (unpaired) electrons. The van der Waals surface area contributed by atoms with Crippen LogP contribution in [0.3, 0.4) is 0 Å². The molecule has 0 spiro atoms. The molecule has 0 aliphatic rings. The molecule has 0 atom stereocenters. The molecule has 1 aromatic rings. The average molecular weight is 282 g/mol. The summed E-state index contributed by atoms with van der Waals surface area (Å²) in [6.07, 6.45) is -3.49. The lowest BCUT2D eigenvalue weighted by atomic mass is 10.2. The van der Waals surface area contributed by atoms with Crippen molar-refractivity contribution in [3.8, 4) is 0 Å². The lowest BCUT2D eigenvalue weighted by Crippen LogP contribution is -2.19. The van der Waals surface area contributed by atoms with Crippen LogP contribution in [-0.4, -0.2) is 23.0 Å². The monoisotopic (exact) mass is 282 g/mol. The molecule has 10 heteroatoms. The predicted octanol–water partition coefficient (Wildman–Crippen LogP) is 1.38. The van der Waals surface area contributed by atoms with Gasteiger partial charge in [0, 0.05) is 24.1 Å². The van der Waals surface area contributed by atoms with Crippen molar-refractivity contribution in [1.29, 1.82) is 0 Å². The Morgan fingerprint density at radius 2 is 2.11 bits per heavy atom. The number of hydrogen-bond donors (Lipinski definition) is 2. The molecule has 0 saturated heterocycles. The minimum Gasteiger partial charge on any atom is -0.404 e. The van der Waals surface area contributed by atoms with Gasteiger partial charge in [0.25, 0.3) is 0 Å². The Morgan fingerprint density at radius 3 is 2.53 bits per heavy atom. The molecule has 0 unspecified atom stereocenters. The van der Waals surface area contributed by atoms with Gasteiger partial charge in [-0.1, -0.05) is 0 Å². The number of nitrogens with zero attached hydrogens (tertiary/aromatic N) is 2. The third-order valence-corrected chi connectivity index (χ3v) is 1.88. The van der Waals surface area contributed by atoms with Gasteiger partial charge < -0.3 is 5.73 Å². The molecule has 1 heterocycles. The van der Waals surface area contributed by atoms with Gasteiger partial charge in [-0.25, -0.2) is 4.99 Å².